The maximum absolute atomic E-state index is 10.1. The molecule has 22 heavy (non-hydrogen) atoms. The molecule has 0 bridgehead atoms. The van der Waals surface area contributed by atoms with E-state index in [1.807, 2.05) is 31.3 Å². The van der Waals surface area contributed by atoms with E-state index < -0.39 is 0 Å². The molecule has 1 aliphatic rings. The van der Waals surface area contributed by atoms with Gasteiger partial charge in [-0.15, -0.1) is 0 Å². The van der Waals surface area contributed by atoms with E-state index in [0.29, 0.717) is 5.75 Å². The van der Waals surface area contributed by atoms with Gasteiger partial charge in [-0.1, -0.05) is 12.1 Å². The maximum Gasteiger partial charge on any atom is 0.128 e. The van der Waals surface area contributed by atoms with Gasteiger partial charge >= 0.3 is 0 Å². The quantitative estimate of drug-likeness (QED) is 0.945. The van der Waals surface area contributed by atoms with Crippen LogP contribution in [0, 0.1) is 13.8 Å². The van der Waals surface area contributed by atoms with Crippen molar-refractivity contribution in [2.24, 2.45) is 0 Å². The SMILES string of the molecule is Cc1cc(O)c(CN2CCN(c3ccccn3)CC2)cc1C. The number of benzene rings is 1. The Morgan fingerprint density at radius 3 is 2.45 bits per heavy atom. The third-order valence-corrected chi connectivity index (χ3v) is 4.43. The number of phenols is 1. The van der Waals surface area contributed by atoms with Crippen molar-refractivity contribution in [3.05, 3.63) is 53.2 Å². The third-order valence-electron chi connectivity index (χ3n) is 4.43. The van der Waals surface area contributed by atoms with Gasteiger partial charge in [0.2, 0.25) is 0 Å². The number of piperazine rings is 1. The Hall–Kier alpha value is -2.07. The largest absolute Gasteiger partial charge is 0.508 e. The summed E-state index contributed by atoms with van der Waals surface area (Å²) in [6, 6.07) is 10.0. The number of aromatic nitrogens is 1. The molecule has 116 valence electrons. The lowest BCUT2D eigenvalue weighted by molar-refractivity contribution is 0.246. The molecule has 1 aromatic carbocycles. The molecular formula is C18H23N3O. The van der Waals surface area contributed by atoms with Crippen molar-refractivity contribution >= 4 is 5.82 Å². The fraction of sp³-hybridized carbons (Fsp3) is 0.389. The number of aromatic hydroxyl groups is 1. The number of anilines is 1. The van der Waals surface area contributed by atoms with Crippen molar-refractivity contribution in [3.8, 4) is 5.75 Å². The third kappa shape index (κ3) is 3.22. The molecule has 0 amide bonds. The van der Waals surface area contributed by atoms with E-state index in [9.17, 15) is 5.11 Å². The van der Waals surface area contributed by atoms with E-state index in [4.69, 9.17) is 0 Å². The molecule has 1 fully saturated rings. The molecule has 0 unspecified atom stereocenters. The Morgan fingerprint density at radius 1 is 1.05 bits per heavy atom. The Kier molecular flexibility index (Phi) is 4.29. The fourth-order valence-electron chi connectivity index (χ4n) is 2.90. The lowest BCUT2D eigenvalue weighted by atomic mass is 10.0. The first-order valence-corrected chi connectivity index (χ1v) is 7.81. The molecule has 0 atom stereocenters. The normalized spacial score (nSPS) is 16.0. The van der Waals surface area contributed by atoms with Crippen LogP contribution in [-0.4, -0.2) is 41.2 Å². The molecule has 4 heteroatoms. The maximum atomic E-state index is 10.1. The summed E-state index contributed by atoms with van der Waals surface area (Å²) in [4.78, 5) is 9.12. The van der Waals surface area contributed by atoms with Crippen molar-refractivity contribution in [3.63, 3.8) is 0 Å². The first-order valence-electron chi connectivity index (χ1n) is 7.81. The molecule has 4 nitrogen and oxygen atoms in total. The highest BCUT2D eigenvalue weighted by Crippen LogP contribution is 2.24. The summed E-state index contributed by atoms with van der Waals surface area (Å²) in [5.74, 6) is 1.46. The minimum absolute atomic E-state index is 0.412. The molecule has 1 N–H and O–H groups in total. The van der Waals surface area contributed by atoms with Gasteiger partial charge in [-0.3, -0.25) is 4.90 Å². The van der Waals surface area contributed by atoms with Crippen molar-refractivity contribution < 1.29 is 5.11 Å². The van der Waals surface area contributed by atoms with Gasteiger partial charge in [0.1, 0.15) is 11.6 Å². The fourth-order valence-corrected chi connectivity index (χ4v) is 2.90. The number of rotatable bonds is 3. The van der Waals surface area contributed by atoms with Crippen molar-refractivity contribution in [2.75, 3.05) is 31.1 Å². The second kappa shape index (κ2) is 6.36. The van der Waals surface area contributed by atoms with Gasteiger partial charge in [0.05, 0.1) is 0 Å². The van der Waals surface area contributed by atoms with Gasteiger partial charge in [0.25, 0.3) is 0 Å². The highest BCUT2D eigenvalue weighted by Gasteiger charge is 2.19. The van der Waals surface area contributed by atoms with Crippen LogP contribution in [-0.2, 0) is 6.54 Å². The Bertz CT molecular complexity index is 634. The second-order valence-electron chi connectivity index (χ2n) is 6.02. The van der Waals surface area contributed by atoms with Crippen LogP contribution in [0.25, 0.3) is 0 Å². The van der Waals surface area contributed by atoms with Gasteiger partial charge in [-0.25, -0.2) is 4.98 Å². The van der Waals surface area contributed by atoms with Crippen LogP contribution in [0.4, 0.5) is 5.82 Å². The first-order chi connectivity index (χ1) is 10.6. The number of hydrogen-bond acceptors (Lipinski definition) is 4. The topological polar surface area (TPSA) is 39.6 Å². The summed E-state index contributed by atoms with van der Waals surface area (Å²) >= 11 is 0. The zero-order chi connectivity index (χ0) is 15.5. The van der Waals surface area contributed by atoms with Crippen LogP contribution in [0.5, 0.6) is 5.75 Å². The molecule has 0 saturated carbocycles. The molecule has 3 rings (SSSR count). The van der Waals surface area contributed by atoms with Crippen LogP contribution in [0.1, 0.15) is 16.7 Å². The highest BCUT2D eigenvalue weighted by molar-refractivity contribution is 5.41. The summed E-state index contributed by atoms with van der Waals surface area (Å²) in [6.45, 7) is 8.86. The van der Waals surface area contributed by atoms with Crippen LogP contribution >= 0.6 is 0 Å². The molecule has 1 saturated heterocycles. The summed E-state index contributed by atoms with van der Waals surface area (Å²) in [6.07, 6.45) is 1.84. The minimum atomic E-state index is 0.412. The number of phenolic OH excluding ortho intramolecular Hbond substituents is 1. The highest BCUT2D eigenvalue weighted by atomic mass is 16.3. The van der Waals surface area contributed by atoms with Crippen molar-refractivity contribution in [1.29, 1.82) is 0 Å². The number of aryl methyl sites for hydroxylation is 2. The van der Waals surface area contributed by atoms with Gasteiger partial charge < -0.3 is 10.0 Å². The standard InChI is InChI=1S/C18H23N3O/c1-14-11-16(17(22)12-15(14)2)13-20-7-9-21(10-8-20)18-5-3-4-6-19-18/h3-6,11-12,22H,7-10,13H2,1-2H3. The Balaban J connectivity index is 1.62. The predicted octanol–water partition coefficient (Wildman–Crippen LogP) is 2.73. The number of hydrogen-bond donors (Lipinski definition) is 1. The van der Waals surface area contributed by atoms with E-state index in [1.165, 1.54) is 5.56 Å². The summed E-state index contributed by atoms with van der Waals surface area (Å²) < 4.78 is 0. The molecule has 1 aliphatic heterocycles. The molecule has 2 aromatic rings. The lowest BCUT2D eigenvalue weighted by Gasteiger charge is -2.35. The zero-order valence-electron chi connectivity index (χ0n) is 13.3. The van der Waals surface area contributed by atoms with Gasteiger partial charge in [-0.05, 0) is 43.2 Å². The minimum Gasteiger partial charge on any atom is -0.508 e. The Labute approximate surface area is 132 Å². The van der Waals surface area contributed by atoms with Gasteiger partial charge in [0.15, 0.2) is 0 Å². The van der Waals surface area contributed by atoms with Crippen LogP contribution in [0.2, 0.25) is 0 Å². The van der Waals surface area contributed by atoms with E-state index in [0.717, 1.165) is 49.7 Å². The molecule has 2 heterocycles. The monoisotopic (exact) mass is 297 g/mol. The molecule has 0 spiro atoms. The lowest BCUT2D eigenvalue weighted by Crippen LogP contribution is -2.46. The average molecular weight is 297 g/mol. The number of pyridine rings is 1. The first kappa shape index (κ1) is 14.9. The van der Waals surface area contributed by atoms with Crippen molar-refractivity contribution in [1.82, 2.24) is 9.88 Å². The summed E-state index contributed by atoms with van der Waals surface area (Å²) in [7, 11) is 0. The van der Waals surface area contributed by atoms with Crippen LogP contribution in [0.3, 0.4) is 0 Å². The van der Waals surface area contributed by atoms with E-state index in [1.54, 1.807) is 0 Å². The zero-order valence-corrected chi connectivity index (χ0v) is 13.3. The molecule has 1 aromatic heterocycles. The summed E-state index contributed by atoms with van der Waals surface area (Å²) in [5.41, 5.74) is 3.40. The molecule has 0 radical (unpaired) electrons. The van der Waals surface area contributed by atoms with Crippen LogP contribution in [0.15, 0.2) is 36.5 Å². The van der Waals surface area contributed by atoms with E-state index in [2.05, 4.69) is 33.8 Å². The average Bonchev–Trinajstić information content (AvgIpc) is 2.54. The second-order valence-corrected chi connectivity index (χ2v) is 6.02. The molecule has 0 aliphatic carbocycles. The molecular weight excluding hydrogens is 274 g/mol. The Morgan fingerprint density at radius 2 is 1.77 bits per heavy atom. The van der Waals surface area contributed by atoms with Crippen molar-refractivity contribution in [2.45, 2.75) is 20.4 Å². The van der Waals surface area contributed by atoms with Gasteiger partial charge in [-0.2, -0.15) is 0 Å². The smallest absolute Gasteiger partial charge is 0.128 e. The number of nitrogens with zero attached hydrogens (tertiary/aromatic N) is 3. The van der Waals surface area contributed by atoms with E-state index in [-0.39, 0.29) is 0 Å². The predicted molar refractivity (Wildman–Crippen MR) is 89.3 cm³/mol. The van der Waals surface area contributed by atoms with Gasteiger partial charge in [0, 0.05) is 44.5 Å². The van der Waals surface area contributed by atoms with Crippen LogP contribution < -0.4 is 4.90 Å². The summed E-state index contributed by atoms with van der Waals surface area (Å²) in [5, 5.41) is 10.1. The van der Waals surface area contributed by atoms with E-state index >= 15 is 0 Å².